The number of hydrogen-bond donors (Lipinski definition) is 8. The molecule has 4 unspecified atom stereocenters. The minimum absolute atomic E-state index is 0.0383. The maximum Gasteiger partial charge on any atom is 0.326 e. The van der Waals surface area contributed by atoms with E-state index < -0.39 is 66.2 Å². The molecule has 34 heavy (non-hydrogen) atoms. The van der Waals surface area contributed by atoms with Crippen LogP contribution >= 0.6 is 0 Å². The van der Waals surface area contributed by atoms with Crippen molar-refractivity contribution in [3.63, 3.8) is 0 Å². The molecule has 0 aliphatic carbocycles. The van der Waals surface area contributed by atoms with Gasteiger partial charge in [0.2, 0.25) is 17.7 Å². The molecule has 194 valence electrons. The van der Waals surface area contributed by atoms with E-state index in [1.165, 1.54) is 0 Å². The summed E-state index contributed by atoms with van der Waals surface area (Å²) in [6.07, 6.45) is -0.617. The number of nitrogens with two attached hydrogens (primary N) is 3. The first-order chi connectivity index (χ1) is 15.7. The van der Waals surface area contributed by atoms with Crippen LogP contribution in [0.4, 0.5) is 0 Å². The highest BCUT2D eigenvalue weighted by Crippen LogP contribution is 2.07. The van der Waals surface area contributed by atoms with E-state index in [1.54, 1.807) is 27.7 Å². The van der Waals surface area contributed by atoms with Crippen molar-refractivity contribution in [2.24, 2.45) is 34.0 Å². The number of aliphatic imine (C=N–C) groups is 1. The monoisotopic (exact) mass is 487 g/mol. The number of carbonyl (C=O) groups is 5. The van der Waals surface area contributed by atoms with Gasteiger partial charge in [0, 0.05) is 6.54 Å². The van der Waals surface area contributed by atoms with Crippen LogP contribution in [-0.2, 0) is 24.0 Å². The first-order valence-corrected chi connectivity index (χ1v) is 10.8. The van der Waals surface area contributed by atoms with Gasteiger partial charge in [0.15, 0.2) is 5.96 Å². The first-order valence-electron chi connectivity index (χ1n) is 10.8. The summed E-state index contributed by atoms with van der Waals surface area (Å²) in [6, 6.07) is -4.92. The van der Waals surface area contributed by atoms with Gasteiger partial charge in [-0.25, -0.2) is 4.79 Å². The Kier molecular flexibility index (Phi) is 13.2. The Bertz CT molecular complexity index is 766. The van der Waals surface area contributed by atoms with E-state index in [9.17, 15) is 29.1 Å². The van der Waals surface area contributed by atoms with Crippen LogP contribution in [0.15, 0.2) is 4.99 Å². The summed E-state index contributed by atoms with van der Waals surface area (Å²) >= 11 is 0. The maximum atomic E-state index is 12.8. The molecule has 0 aliphatic heterocycles. The molecule has 3 amide bonds. The molecule has 11 N–H and O–H groups in total. The van der Waals surface area contributed by atoms with Crippen molar-refractivity contribution in [1.29, 1.82) is 0 Å². The molecule has 0 fully saturated rings. The number of carboxylic acids is 2. The second kappa shape index (κ2) is 14.7. The summed E-state index contributed by atoms with van der Waals surface area (Å²) < 4.78 is 0. The van der Waals surface area contributed by atoms with E-state index in [4.69, 9.17) is 22.3 Å². The topological polar surface area (TPSA) is 252 Å². The summed E-state index contributed by atoms with van der Waals surface area (Å²) in [4.78, 5) is 64.3. The summed E-state index contributed by atoms with van der Waals surface area (Å²) in [7, 11) is 0. The highest BCUT2D eigenvalue weighted by Gasteiger charge is 2.33. The largest absolute Gasteiger partial charge is 0.481 e. The molecule has 14 nitrogen and oxygen atoms in total. The van der Waals surface area contributed by atoms with Crippen LogP contribution < -0.4 is 33.2 Å². The number of aliphatic carboxylic acids is 2. The van der Waals surface area contributed by atoms with Crippen molar-refractivity contribution in [3.8, 4) is 0 Å². The average Bonchev–Trinajstić information content (AvgIpc) is 2.71. The lowest BCUT2D eigenvalue weighted by Crippen LogP contribution is -2.59. The molecule has 0 aromatic rings. The molecule has 0 saturated heterocycles. The maximum absolute atomic E-state index is 12.8. The van der Waals surface area contributed by atoms with Gasteiger partial charge in [-0.15, -0.1) is 0 Å². The van der Waals surface area contributed by atoms with Crippen LogP contribution in [0, 0.1) is 11.8 Å². The smallest absolute Gasteiger partial charge is 0.326 e. The van der Waals surface area contributed by atoms with Crippen LogP contribution in [0.1, 0.15) is 47.0 Å². The van der Waals surface area contributed by atoms with Crippen LogP contribution in [0.2, 0.25) is 0 Å². The van der Waals surface area contributed by atoms with E-state index >= 15 is 0 Å². The van der Waals surface area contributed by atoms with E-state index in [0.29, 0.717) is 0 Å². The van der Waals surface area contributed by atoms with Gasteiger partial charge in [-0.3, -0.25) is 24.2 Å². The third-order valence-corrected chi connectivity index (χ3v) is 4.84. The van der Waals surface area contributed by atoms with Gasteiger partial charge in [-0.2, -0.15) is 0 Å². The fourth-order valence-corrected chi connectivity index (χ4v) is 2.77. The summed E-state index contributed by atoms with van der Waals surface area (Å²) in [5.74, 6) is -5.91. The lowest BCUT2D eigenvalue weighted by molar-refractivity contribution is -0.144. The van der Waals surface area contributed by atoms with Gasteiger partial charge in [-0.1, -0.05) is 27.7 Å². The van der Waals surface area contributed by atoms with Gasteiger partial charge in [0.05, 0.1) is 12.5 Å². The lowest BCUT2D eigenvalue weighted by atomic mass is 9.99. The molecular weight excluding hydrogens is 450 g/mol. The number of carboxylic acid groups (broad SMARTS) is 2. The number of guanidine groups is 1. The number of nitrogens with zero attached hydrogens (tertiary/aromatic N) is 1. The fourth-order valence-electron chi connectivity index (χ4n) is 2.77. The Morgan fingerprint density at radius 1 is 0.824 bits per heavy atom. The molecule has 0 saturated carbocycles. The summed E-state index contributed by atoms with van der Waals surface area (Å²) in [6.45, 7) is 6.89. The molecule has 0 spiro atoms. The van der Waals surface area contributed by atoms with Crippen molar-refractivity contribution >= 4 is 35.6 Å². The Morgan fingerprint density at radius 2 is 1.38 bits per heavy atom. The van der Waals surface area contributed by atoms with Crippen LogP contribution in [0.5, 0.6) is 0 Å². The Hall–Kier alpha value is -3.42. The molecular formula is C20H37N7O7. The lowest BCUT2D eigenvalue weighted by Gasteiger charge is -2.27. The Balaban J connectivity index is 5.42. The highest BCUT2D eigenvalue weighted by atomic mass is 16.4. The second-order valence-electron chi connectivity index (χ2n) is 8.51. The molecule has 0 radical (unpaired) electrons. The van der Waals surface area contributed by atoms with E-state index in [2.05, 4.69) is 20.9 Å². The van der Waals surface area contributed by atoms with E-state index in [0.717, 1.165) is 0 Å². The summed E-state index contributed by atoms with van der Waals surface area (Å²) in [5, 5.41) is 25.6. The van der Waals surface area contributed by atoms with Gasteiger partial charge in [0.25, 0.3) is 0 Å². The van der Waals surface area contributed by atoms with Crippen molar-refractivity contribution in [2.45, 2.75) is 71.1 Å². The highest BCUT2D eigenvalue weighted by molar-refractivity contribution is 5.95. The predicted molar refractivity (Wildman–Crippen MR) is 123 cm³/mol. The zero-order valence-corrected chi connectivity index (χ0v) is 19.9. The Morgan fingerprint density at radius 3 is 1.82 bits per heavy atom. The number of rotatable bonds is 15. The van der Waals surface area contributed by atoms with Gasteiger partial charge in [-0.05, 0) is 24.7 Å². The molecule has 4 atom stereocenters. The number of hydrogen-bond acceptors (Lipinski definition) is 7. The molecule has 0 heterocycles. The minimum Gasteiger partial charge on any atom is -0.481 e. The Labute approximate surface area is 198 Å². The van der Waals surface area contributed by atoms with Crippen molar-refractivity contribution in [2.75, 3.05) is 6.54 Å². The van der Waals surface area contributed by atoms with Gasteiger partial charge < -0.3 is 43.4 Å². The summed E-state index contributed by atoms with van der Waals surface area (Å²) in [5.41, 5.74) is 16.2. The van der Waals surface area contributed by atoms with Crippen molar-refractivity contribution in [3.05, 3.63) is 0 Å². The van der Waals surface area contributed by atoms with Gasteiger partial charge >= 0.3 is 11.9 Å². The molecule has 0 aromatic carbocycles. The number of carbonyl (C=O) groups excluding carboxylic acids is 3. The number of amides is 3. The third-order valence-electron chi connectivity index (χ3n) is 4.84. The average molecular weight is 488 g/mol. The van der Waals surface area contributed by atoms with Crippen LogP contribution in [0.25, 0.3) is 0 Å². The van der Waals surface area contributed by atoms with Gasteiger partial charge in [0.1, 0.15) is 18.1 Å². The number of nitrogens with one attached hydrogen (secondary N) is 3. The fraction of sp³-hybridized carbons (Fsp3) is 0.700. The zero-order chi connectivity index (χ0) is 26.6. The van der Waals surface area contributed by atoms with E-state index in [1.807, 2.05) is 0 Å². The van der Waals surface area contributed by atoms with Crippen LogP contribution in [0.3, 0.4) is 0 Å². The molecule has 0 bridgehead atoms. The van der Waals surface area contributed by atoms with Crippen molar-refractivity contribution in [1.82, 2.24) is 16.0 Å². The minimum atomic E-state index is -1.58. The SMILES string of the molecule is CC(C)C(N)C(=O)NC(C(=O)NC(CC(=O)O)C(=O)NC(CCCN=C(N)N)C(=O)O)C(C)C. The third kappa shape index (κ3) is 11.4. The molecule has 0 aliphatic rings. The molecule has 0 rings (SSSR count). The molecule has 0 aromatic heterocycles. The molecule has 14 heteroatoms. The second-order valence-corrected chi connectivity index (χ2v) is 8.51. The first kappa shape index (κ1) is 30.6. The standard InChI is InChI=1S/C20H37N7O7/c1-9(2)14(21)17(31)27-15(10(3)4)18(32)26-12(8-13(28)29)16(30)25-11(19(33)34)6-5-7-24-20(22)23/h9-12,14-15H,5-8,21H2,1-4H3,(H,25,30)(H,26,32)(H,27,31)(H,28,29)(H,33,34)(H4,22,23,24). The zero-order valence-electron chi connectivity index (χ0n) is 19.9. The normalized spacial score (nSPS) is 14.4. The van der Waals surface area contributed by atoms with E-state index in [-0.39, 0.29) is 31.3 Å². The quantitative estimate of drug-likeness (QED) is 0.0695. The van der Waals surface area contributed by atoms with Crippen LogP contribution in [-0.4, -0.2) is 76.5 Å². The van der Waals surface area contributed by atoms with Crippen molar-refractivity contribution < 1.29 is 34.2 Å². The predicted octanol–water partition coefficient (Wildman–Crippen LogP) is -2.31.